The number of aromatic nitrogens is 3. The number of benzene rings is 2. The van der Waals surface area contributed by atoms with Crippen molar-refractivity contribution in [1.29, 1.82) is 0 Å². The predicted molar refractivity (Wildman–Crippen MR) is 96.8 cm³/mol. The highest BCUT2D eigenvalue weighted by Crippen LogP contribution is 2.21. The number of halogens is 1. The van der Waals surface area contributed by atoms with E-state index in [1.165, 1.54) is 0 Å². The van der Waals surface area contributed by atoms with Crippen LogP contribution in [0.2, 0.25) is 5.02 Å². The van der Waals surface area contributed by atoms with Crippen LogP contribution in [0.25, 0.3) is 5.69 Å². The maximum Gasteiger partial charge on any atom is 0.278 e. The summed E-state index contributed by atoms with van der Waals surface area (Å²) in [6.45, 7) is 3.69. The number of hydrogen-bond acceptors (Lipinski definition) is 4. The molecule has 6 nitrogen and oxygen atoms in total. The average Bonchev–Trinajstić information content (AvgIpc) is 3.00. The molecular weight excluding hydrogens is 340 g/mol. The molecular formula is C18H17ClN4O2. The van der Waals surface area contributed by atoms with Crippen LogP contribution in [0.3, 0.4) is 0 Å². The van der Waals surface area contributed by atoms with Crippen LogP contribution >= 0.6 is 11.6 Å². The van der Waals surface area contributed by atoms with E-state index in [1.807, 2.05) is 37.3 Å². The molecule has 0 spiro atoms. The summed E-state index contributed by atoms with van der Waals surface area (Å²) < 4.78 is 6.81. The molecule has 0 unspecified atom stereocenters. The number of hydrogen-bond donors (Lipinski definition) is 1. The van der Waals surface area contributed by atoms with Gasteiger partial charge in [0.1, 0.15) is 5.75 Å². The molecule has 0 aliphatic carbocycles. The summed E-state index contributed by atoms with van der Waals surface area (Å²) in [5, 5.41) is 11.5. The topological polar surface area (TPSA) is 69.0 Å². The van der Waals surface area contributed by atoms with Crippen molar-refractivity contribution in [3.8, 4) is 11.4 Å². The molecule has 0 atom stereocenters. The molecule has 2 aromatic carbocycles. The molecule has 0 fully saturated rings. The molecule has 3 rings (SSSR count). The van der Waals surface area contributed by atoms with Crippen molar-refractivity contribution >= 4 is 23.2 Å². The smallest absolute Gasteiger partial charge is 0.278 e. The number of carbonyl (C=O) groups excluding carboxylic acids is 1. The van der Waals surface area contributed by atoms with E-state index in [2.05, 4.69) is 15.6 Å². The van der Waals surface area contributed by atoms with Gasteiger partial charge >= 0.3 is 0 Å². The summed E-state index contributed by atoms with van der Waals surface area (Å²) in [6.07, 6.45) is 0. The van der Waals surface area contributed by atoms with Crippen LogP contribution in [0.5, 0.6) is 5.75 Å². The van der Waals surface area contributed by atoms with E-state index < -0.39 is 0 Å². The van der Waals surface area contributed by atoms with E-state index >= 15 is 0 Å². The number of anilines is 1. The van der Waals surface area contributed by atoms with Gasteiger partial charge in [0.2, 0.25) is 0 Å². The summed E-state index contributed by atoms with van der Waals surface area (Å²) in [6, 6.07) is 12.7. The van der Waals surface area contributed by atoms with Crippen molar-refractivity contribution in [2.75, 3.05) is 12.4 Å². The van der Waals surface area contributed by atoms with Gasteiger partial charge < -0.3 is 10.1 Å². The van der Waals surface area contributed by atoms with Crippen molar-refractivity contribution in [3.63, 3.8) is 0 Å². The van der Waals surface area contributed by atoms with Crippen LogP contribution in [0.1, 0.15) is 21.7 Å². The van der Waals surface area contributed by atoms with Crippen LogP contribution in [-0.2, 0) is 0 Å². The SMILES string of the molecule is COc1cccc(-n2nnc(C(=O)Nc3ccc(C)c(Cl)c3)c2C)c1. The normalized spacial score (nSPS) is 10.6. The number of ether oxygens (including phenoxy) is 1. The molecule has 1 N–H and O–H groups in total. The summed E-state index contributed by atoms with van der Waals surface area (Å²) in [7, 11) is 1.60. The van der Waals surface area contributed by atoms with Gasteiger partial charge in [-0.25, -0.2) is 4.68 Å². The van der Waals surface area contributed by atoms with Gasteiger partial charge in [0.15, 0.2) is 5.69 Å². The highest BCUT2D eigenvalue weighted by atomic mass is 35.5. The Labute approximate surface area is 150 Å². The second-order valence-corrected chi connectivity index (χ2v) is 5.96. The molecule has 0 aliphatic rings. The van der Waals surface area contributed by atoms with Crippen LogP contribution < -0.4 is 10.1 Å². The van der Waals surface area contributed by atoms with Crippen molar-refractivity contribution < 1.29 is 9.53 Å². The Kier molecular flexibility index (Phi) is 4.72. The first-order chi connectivity index (χ1) is 12.0. The first-order valence-electron chi connectivity index (χ1n) is 7.64. The Morgan fingerprint density at radius 3 is 2.72 bits per heavy atom. The van der Waals surface area contributed by atoms with Gasteiger partial charge in [-0.2, -0.15) is 0 Å². The zero-order valence-corrected chi connectivity index (χ0v) is 14.8. The van der Waals surface area contributed by atoms with E-state index in [0.29, 0.717) is 22.2 Å². The molecule has 3 aromatic rings. The maximum atomic E-state index is 12.5. The maximum absolute atomic E-state index is 12.5. The van der Waals surface area contributed by atoms with Crippen molar-refractivity contribution in [2.45, 2.75) is 13.8 Å². The van der Waals surface area contributed by atoms with Crippen molar-refractivity contribution in [3.05, 3.63) is 64.4 Å². The fourth-order valence-electron chi connectivity index (χ4n) is 2.39. The molecule has 1 heterocycles. The third kappa shape index (κ3) is 3.49. The van der Waals surface area contributed by atoms with E-state index in [9.17, 15) is 4.79 Å². The Hall–Kier alpha value is -2.86. The van der Waals surface area contributed by atoms with Gasteiger partial charge in [0.05, 0.1) is 18.5 Å². The Bertz CT molecular complexity index is 937. The van der Waals surface area contributed by atoms with Crippen LogP contribution in [0, 0.1) is 13.8 Å². The third-order valence-electron chi connectivity index (χ3n) is 3.84. The van der Waals surface area contributed by atoms with Gasteiger partial charge in [0.25, 0.3) is 5.91 Å². The van der Waals surface area contributed by atoms with Gasteiger partial charge in [-0.15, -0.1) is 5.10 Å². The van der Waals surface area contributed by atoms with Crippen molar-refractivity contribution in [1.82, 2.24) is 15.0 Å². The molecule has 1 amide bonds. The largest absolute Gasteiger partial charge is 0.497 e. The number of nitrogens with zero attached hydrogens (tertiary/aromatic N) is 3. The monoisotopic (exact) mass is 356 g/mol. The minimum atomic E-state index is -0.341. The van der Waals surface area contributed by atoms with Gasteiger partial charge in [-0.05, 0) is 43.7 Å². The Morgan fingerprint density at radius 2 is 2.00 bits per heavy atom. The minimum Gasteiger partial charge on any atom is -0.497 e. The minimum absolute atomic E-state index is 0.250. The molecule has 25 heavy (non-hydrogen) atoms. The number of aryl methyl sites for hydroxylation is 1. The lowest BCUT2D eigenvalue weighted by molar-refractivity contribution is 0.102. The number of carbonyl (C=O) groups is 1. The third-order valence-corrected chi connectivity index (χ3v) is 4.24. The number of amides is 1. The molecule has 0 radical (unpaired) electrons. The van der Waals surface area contributed by atoms with Gasteiger partial charge in [-0.1, -0.05) is 28.9 Å². The molecule has 1 aromatic heterocycles. The summed E-state index contributed by atoms with van der Waals surface area (Å²) >= 11 is 6.09. The fraction of sp³-hybridized carbons (Fsp3) is 0.167. The fourth-order valence-corrected chi connectivity index (χ4v) is 2.57. The second-order valence-electron chi connectivity index (χ2n) is 5.55. The van der Waals surface area contributed by atoms with E-state index in [1.54, 1.807) is 30.8 Å². The quantitative estimate of drug-likeness (QED) is 0.772. The van der Waals surface area contributed by atoms with Gasteiger partial charge in [-0.3, -0.25) is 4.79 Å². The molecule has 0 aliphatic heterocycles. The zero-order chi connectivity index (χ0) is 18.0. The van der Waals surface area contributed by atoms with Crippen LogP contribution in [0.15, 0.2) is 42.5 Å². The van der Waals surface area contributed by atoms with E-state index in [0.717, 1.165) is 11.3 Å². The molecule has 0 saturated heterocycles. The first-order valence-corrected chi connectivity index (χ1v) is 8.01. The lowest BCUT2D eigenvalue weighted by Crippen LogP contribution is -2.14. The lowest BCUT2D eigenvalue weighted by atomic mass is 10.2. The summed E-state index contributed by atoms with van der Waals surface area (Å²) in [5.41, 5.74) is 3.20. The first kappa shape index (κ1) is 17.0. The van der Waals surface area contributed by atoms with Gasteiger partial charge in [0, 0.05) is 16.8 Å². The molecule has 0 saturated carbocycles. The van der Waals surface area contributed by atoms with Crippen LogP contribution in [0.4, 0.5) is 5.69 Å². The predicted octanol–water partition coefficient (Wildman–Crippen LogP) is 3.80. The standard InChI is InChI=1S/C18H17ClN4O2/c1-11-7-8-13(9-16(11)19)20-18(24)17-12(2)23(22-21-17)14-5-4-6-15(10-14)25-3/h4-10H,1-3H3,(H,20,24). The highest BCUT2D eigenvalue weighted by Gasteiger charge is 2.18. The highest BCUT2D eigenvalue weighted by molar-refractivity contribution is 6.31. The lowest BCUT2D eigenvalue weighted by Gasteiger charge is -2.07. The summed E-state index contributed by atoms with van der Waals surface area (Å²) in [4.78, 5) is 12.5. The van der Waals surface area contributed by atoms with E-state index in [4.69, 9.17) is 16.3 Å². The summed E-state index contributed by atoms with van der Waals surface area (Å²) in [5.74, 6) is 0.360. The molecule has 7 heteroatoms. The average molecular weight is 357 g/mol. The Morgan fingerprint density at radius 1 is 1.20 bits per heavy atom. The number of rotatable bonds is 4. The van der Waals surface area contributed by atoms with Crippen molar-refractivity contribution in [2.24, 2.45) is 0 Å². The molecule has 128 valence electrons. The zero-order valence-electron chi connectivity index (χ0n) is 14.1. The van der Waals surface area contributed by atoms with Crippen LogP contribution in [-0.4, -0.2) is 28.0 Å². The van der Waals surface area contributed by atoms with E-state index in [-0.39, 0.29) is 11.6 Å². The second kappa shape index (κ2) is 6.94. The molecule has 0 bridgehead atoms. The Balaban J connectivity index is 1.87. The number of nitrogens with one attached hydrogen (secondary N) is 1. The number of methoxy groups -OCH3 is 1.